The molecule has 10 heteroatoms. The molecule has 0 N–H and O–H groups in total. The van der Waals surface area contributed by atoms with E-state index >= 15 is 0 Å². The van der Waals surface area contributed by atoms with Crippen LogP contribution >= 0.6 is 0 Å². The van der Waals surface area contributed by atoms with Crippen molar-refractivity contribution in [1.82, 2.24) is 0 Å². The minimum atomic E-state index is -3.82. The van der Waals surface area contributed by atoms with Crippen LogP contribution in [-0.2, 0) is 28.6 Å². The summed E-state index contributed by atoms with van der Waals surface area (Å²) in [5.41, 5.74) is -0.0167. The highest BCUT2D eigenvalue weighted by Crippen LogP contribution is 2.26. The van der Waals surface area contributed by atoms with Crippen LogP contribution in [-0.4, -0.2) is 49.1 Å². The maximum Gasteiger partial charge on any atom is 0.377 e. The Kier molecular flexibility index (Phi) is 14.7. The monoisotopic (exact) mass is 484 g/mol. The van der Waals surface area contributed by atoms with Gasteiger partial charge in [0.15, 0.2) is 6.10 Å². The number of unbranched alkanes of at least 4 members (excludes halogenated alkanes) is 6. The second kappa shape index (κ2) is 15.7. The first-order valence-electron chi connectivity index (χ1n) is 11.3. The van der Waals surface area contributed by atoms with Gasteiger partial charge < -0.3 is 14.2 Å². The van der Waals surface area contributed by atoms with Crippen LogP contribution in [0.15, 0.2) is 12.2 Å². The molecule has 0 aromatic carbocycles. The molecule has 0 radical (unpaired) electrons. The number of hydrogen-bond acceptors (Lipinski definition) is 6. The first-order chi connectivity index (χ1) is 15.4. The molecule has 0 saturated heterocycles. The highest BCUT2D eigenvalue weighted by atomic mass is 19.3. The molecule has 0 aliphatic heterocycles. The number of carbonyl (C=O) groups is 3. The SMILES string of the molecule is C=C(C)C(=O)OCC(COC(=O)C(F)(F)CCCCCC)OC(=O)C(F)(F)CCCCCC. The predicted octanol–water partition coefficient (Wildman–Crippen LogP) is 5.77. The molecule has 0 spiro atoms. The number of hydrogen-bond donors (Lipinski definition) is 0. The summed E-state index contributed by atoms with van der Waals surface area (Å²) in [5.74, 6) is -12.3. The predicted molar refractivity (Wildman–Crippen MR) is 114 cm³/mol. The average Bonchev–Trinajstić information content (AvgIpc) is 2.75. The van der Waals surface area contributed by atoms with Gasteiger partial charge in [0.2, 0.25) is 0 Å². The second-order valence-electron chi connectivity index (χ2n) is 8.03. The van der Waals surface area contributed by atoms with E-state index in [4.69, 9.17) is 4.74 Å². The van der Waals surface area contributed by atoms with Crippen LogP contribution in [0.1, 0.15) is 85.0 Å². The zero-order valence-corrected chi connectivity index (χ0v) is 19.7. The fraction of sp³-hybridized carbons (Fsp3) is 0.783. The van der Waals surface area contributed by atoms with Gasteiger partial charge in [0, 0.05) is 18.4 Å². The lowest BCUT2D eigenvalue weighted by molar-refractivity contribution is -0.192. The Hall–Kier alpha value is -2.13. The van der Waals surface area contributed by atoms with E-state index in [1.54, 1.807) is 0 Å². The van der Waals surface area contributed by atoms with Crippen molar-refractivity contribution in [3.05, 3.63) is 12.2 Å². The van der Waals surface area contributed by atoms with E-state index < -0.39 is 61.9 Å². The average molecular weight is 485 g/mol. The molecular weight excluding hydrogens is 448 g/mol. The highest BCUT2D eigenvalue weighted by Gasteiger charge is 2.43. The molecule has 6 nitrogen and oxygen atoms in total. The van der Waals surface area contributed by atoms with Gasteiger partial charge in [-0.2, -0.15) is 17.6 Å². The first-order valence-corrected chi connectivity index (χ1v) is 11.3. The zero-order valence-electron chi connectivity index (χ0n) is 19.7. The van der Waals surface area contributed by atoms with E-state index in [0.29, 0.717) is 12.8 Å². The van der Waals surface area contributed by atoms with Crippen molar-refractivity contribution in [2.45, 2.75) is 103 Å². The van der Waals surface area contributed by atoms with Crippen molar-refractivity contribution in [2.75, 3.05) is 13.2 Å². The standard InChI is InChI=1S/C23H36F4O6/c1-5-7-9-11-13-22(24,25)20(29)32-16-18(15-31-19(28)17(3)4)33-21(30)23(26,27)14-12-10-8-6-2/h18H,3,5-16H2,1-2,4H3. The van der Waals surface area contributed by atoms with Crippen molar-refractivity contribution in [2.24, 2.45) is 0 Å². The zero-order chi connectivity index (χ0) is 25.5. The summed E-state index contributed by atoms with van der Waals surface area (Å²) >= 11 is 0. The number of esters is 3. The largest absolute Gasteiger partial charge is 0.458 e. The van der Waals surface area contributed by atoms with Crippen molar-refractivity contribution < 1.29 is 46.2 Å². The Balaban J connectivity index is 5.01. The van der Waals surface area contributed by atoms with Crippen LogP contribution in [0.5, 0.6) is 0 Å². The summed E-state index contributed by atoms with van der Waals surface area (Å²) in [7, 11) is 0. The lowest BCUT2D eigenvalue weighted by Crippen LogP contribution is -2.40. The topological polar surface area (TPSA) is 78.9 Å². The molecule has 0 saturated carbocycles. The molecule has 0 aliphatic rings. The molecule has 1 unspecified atom stereocenters. The van der Waals surface area contributed by atoms with Crippen LogP contribution < -0.4 is 0 Å². The van der Waals surface area contributed by atoms with Gasteiger partial charge in [0.25, 0.3) is 0 Å². The number of halogens is 4. The third-order valence-electron chi connectivity index (χ3n) is 4.71. The lowest BCUT2D eigenvalue weighted by atomic mass is 10.1. The van der Waals surface area contributed by atoms with E-state index in [1.807, 2.05) is 13.8 Å². The van der Waals surface area contributed by atoms with Crippen molar-refractivity contribution >= 4 is 17.9 Å². The number of alkyl halides is 4. The van der Waals surface area contributed by atoms with E-state index in [1.165, 1.54) is 6.92 Å². The van der Waals surface area contributed by atoms with Gasteiger partial charge in [-0.3, -0.25) is 0 Å². The van der Waals surface area contributed by atoms with E-state index in [-0.39, 0.29) is 18.4 Å². The van der Waals surface area contributed by atoms with Crippen molar-refractivity contribution in [3.63, 3.8) is 0 Å². The molecule has 0 amide bonds. The smallest absolute Gasteiger partial charge is 0.377 e. The van der Waals surface area contributed by atoms with E-state index in [0.717, 1.165) is 25.7 Å². The Morgan fingerprint density at radius 3 is 1.67 bits per heavy atom. The van der Waals surface area contributed by atoms with Gasteiger partial charge in [-0.15, -0.1) is 0 Å². The molecular formula is C23H36F4O6. The Morgan fingerprint density at radius 1 is 0.758 bits per heavy atom. The van der Waals surface area contributed by atoms with Gasteiger partial charge in [0.05, 0.1) is 0 Å². The van der Waals surface area contributed by atoms with Crippen molar-refractivity contribution in [3.8, 4) is 0 Å². The highest BCUT2D eigenvalue weighted by molar-refractivity contribution is 5.87. The van der Waals surface area contributed by atoms with Crippen LogP contribution in [0.4, 0.5) is 17.6 Å². The first kappa shape index (κ1) is 30.9. The number of rotatable bonds is 18. The van der Waals surface area contributed by atoms with E-state index in [2.05, 4.69) is 16.1 Å². The van der Waals surface area contributed by atoms with Gasteiger partial charge in [0.1, 0.15) is 13.2 Å². The Morgan fingerprint density at radius 2 is 1.21 bits per heavy atom. The van der Waals surface area contributed by atoms with Crippen LogP contribution in [0, 0.1) is 0 Å². The third-order valence-corrected chi connectivity index (χ3v) is 4.71. The van der Waals surface area contributed by atoms with Gasteiger partial charge in [-0.25, -0.2) is 14.4 Å². The number of carbonyl (C=O) groups excluding carboxylic acids is 3. The molecule has 0 bridgehead atoms. The normalized spacial score (nSPS) is 12.7. The van der Waals surface area contributed by atoms with Crippen LogP contribution in [0.2, 0.25) is 0 Å². The molecule has 0 aromatic rings. The molecule has 0 fully saturated rings. The second-order valence-corrected chi connectivity index (χ2v) is 8.03. The minimum Gasteiger partial charge on any atom is -0.458 e. The van der Waals surface area contributed by atoms with Gasteiger partial charge >= 0.3 is 29.8 Å². The summed E-state index contributed by atoms with van der Waals surface area (Å²) < 4.78 is 70.1. The maximum atomic E-state index is 14.1. The minimum absolute atomic E-state index is 0.0167. The molecule has 1 atom stereocenters. The number of ether oxygens (including phenoxy) is 3. The fourth-order valence-electron chi connectivity index (χ4n) is 2.67. The fourth-order valence-corrected chi connectivity index (χ4v) is 2.67. The quantitative estimate of drug-likeness (QED) is 0.0808. The van der Waals surface area contributed by atoms with Crippen LogP contribution in [0.25, 0.3) is 0 Å². The van der Waals surface area contributed by atoms with E-state index in [9.17, 15) is 31.9 Å². The lowest BCUT2D eigenvalue weighted by Gasteiger charge is -2.22. The molecule has 0 aliphatic carbocycles. The summed E-state index contributed by atoms with van der Waals surface area (Å²) in [6, 6.07) is 0. The van der Waals surface area contributed by atoms with Gasteiger partial charge in [-0.1, -0.05) is 59.0 Å². The molecule has 0 aromatic heterocycles. The third kappa shape index (κ3) is 13.2. The summed E-state index contributed by atoms with van der Waals surface area (Å²) in [6.45, 7) is 6.74. The Bertz CT molecular complexity index is 636. The maximum absolute atomic E-state index is 14.1. The summed E-state index contributed by atoms with van der Waals surface area (Å²) in [6.07, 6.45) is 1.18. The van der Waals surface area contributed by atoms with Gasteiger partial charge in [-0.05, 0) is 19.8 Å². The molecule has 0 rings (SSSR count). The summed E-state index contributed by atoms with van der Waals surface area (Å²) in [5, 5.41) is 0. The molecule has 0 heterocycles. The molecule has 33 heavy (non-hydrogen) atoms. The molecule has 192 valence electrons. The van der Waals surface area contributed by atoms with Crippen LogP contribution in [0.3, 0.4) is 0 Å². The Labute approximate surface area is 193 Å². The summed E-state index contributed by atoms with van der Waals surface area (Å²) in [4.78, 5) is 35.3. The van der Waals surface area contributed by atoms with Crippen molar-refractivity contribution in [1.29, 1.82) is 0 Å².